The van der Waals surface area contributed by atoms with Crippen LogP contribution in [0.1, 0.15) is 55.8 Å². The highest BCUT2D eigenvalue weighted by Crippen LogP contribution is 2.32. The second-order valence-corrected chi connectivity index (χ2v) is 8.73. The van der Waals surface area contributed by atoms with Crippen molar-refractivity contribution in [1.29, 1.82) is 0 Å². The normalized spacial score (nSPS) is 25.4. The number of nitrogens with one attached hydrogen (secondary N) is 2. The van der Waals surface area contributed by atoms with E-state index in [9.17, 15) is 14.4 Å². The first-order chi connectivity index (χ1) is 14.9. The fourth-order valence-electron chi connectivity index (χ4n) is 4.21. The monoisotopic (exact) mass is 429 g/mol. The molecule has 1 aromatic carbocycles. The lowest BCUT2D eigenvalue weighted by atomic mass is 9.94. The fourth-order valence-corrected chi connectivity index (χ4v) is 4.21. The minimum absolute atomic E-state index is 0.0264. The molecule has 8 heteroatoms. The number of hydrogen-bond acceptors (Lipinski definition) is 5. The van der Waals surface area contributed by atoms with E-state index < -0.39 is 0 Å². The molecule has 1 aromatic rings. The molecule has 3 atom stereocenters. The van der Waals surface area contributed by atoms with E-state index in [0.29, 0.717) is 42.4 Å². The number of likely N-dealkylation sites (N-methyl/N-ethyl adjacent to an activating group) is 1. The summed E-state index contributed by atoms with van der Waals surface area (Å²) in [5.74, 6) is 0.869. The molecule has 3 aliphatic rings. The van der Waals surface area contributed by atoms with Gasteiger partial charge >= 0.3 is 0 Å². The highest BCUT2D eigenvalue weighted by atomic mass is 16.5. The van der Waals surface area contributed by atoms with Crippen LogP contribution in [0.25, 0.3) is 0 Å². The Balaban J connectivity index is 1.42. The number of anilines is 1. The zero-order valence-electron chi connectivity index (χ0n) is 18.2. The first-order valence-electron chi connectivity index (χ1n) is 11.2. The summed E-state index contributed by atoms with van der Waals surface area (Å²) in [6.45, 7) is 2.84. The molecule has 1 saturated carbocycles. The molecule has 8 nitrogen and oxygen atoms in total. The summed E-state index contributed by atoms with van der Waals surface area (Å²) < 4.78 is 12.2. The lowest BCUT2D eigenvalue weighted by molar-refractivity contribution is -0.134. The van der Waals surface area contributed by atoms with Gasteiger partial charge in [-0.3, -0.25) is 14.4 Å². The zero-order valence-corrected chi connectivity index (χ0v) is 18.2. The van der Waals surface area contributed by atoms with E-state index in [4.69, 9.17) is 9.47 Å². The number of ether oxygens (including phenoxy) is 2. The van der Waals surface area contributed by atoms with Crippen molar-refractivity contribution >= 4 is 23.4 Å². The number of amides is 3. The summed E-state index contributed by atoms with van der Waals surface area (Å²) in [5.41, 5.74) is 1.00. The number of carbonyl (C=O) groups excluding carboxylic acids is 3. The van der Waals surface area contributed by atoms with Crippen LogP contribution in [0.4, 0.5) is 5.69 Å². The number of hydrogen-bond donors (Lipinski definition) is 2. The molecule has 4 rings (SSSR count). The molecular formula is C23H31N3O5. The maximum atomic E-state index is 13.2. The number of nitrogens with zero attached hydrogens (tertiary/aromatic N) is 1. The minimum Gasteiger partial charge on any atom is -0.490 e. The predicted octanol–water partition coefficient (Wildman–Crippen LogP) is 2.33. The summed E-state index contributed by atoms with van der Waals surface area (Å²) in [5, 5.41) is 5.78. The summed E-state index contributed by atoms with van der Waals surface area (Å²) in [6.07, 6.45) is 4.11. The molecule has 2 fully saturated rings. The van der Waals surface area contributed by atoms with Crippen molar-refractivity contribution in [1.82, 2.24) is 10.2 Å². The third-order valence-electron chi connectivity index (χ3n) is 6.31. The molecule has 2 aliphatic heterocycles. The van der Waals surface area contributed by atoms with Crippen molar-refractivity contribution in [3.8, 4) is 5.75 Å². The van der Waals surface area contributed by atoms with E-state index in [2.05, 4.69) is 10.6 Å². The first kappa shape index (κ1) is 21.6. The number of carbonyl (C=O) groups is 3. The van der Waals surface area contributed by atoms with Gasteiger partial charge in [-0.25, -0.2) is 0 Å². The SMILES string of the molecule is CCC(=O)Nc1ccc2c(c1)C(=O)N(C)[C@@H]1CC[C@@H](CC(=O)NCC3CC3)O[C@@H]1CO2. The van der Waals surface area contributed by atoms with Gasteiger partial charge in [0, 0.05) is 25.7 Å². The molecule has 2 heterocycles. The van der Waals surface area contributed by atoms with Crippen molar-refractivity contribution < 1.29 is 23.9 Å². The Kier molecular flexibility index (Phi) is 6.46. The molecular weight excluding hydrogens is 398 g/mol. The van der Waals surface area contributed by atoms with E-state index in [1.165, 1.54) is 12.8 Å². The highest BCUT2D eigenvalue weighted by molar-refractivity contribution is 5.99. The first-order valence-corrected chi connectivity index (χ1v) is 11.2. The average molecular weight is 430 g/mol. The van der Waals surface area contributed by atoms with Crippen LogP contribution in [-0.2, 0) is 14.3 Å². The Labute approximate surface area is 182 Å². The lowest BCUT2D eigenvalue weighted by Crippen LogP contribution is -2.54. The van der Waals surface area contributed by atoms with Crippen molar-refractivity contribution in [3.63, 3.8) is 0 Å². The lowest BCUT2D eigenvalue weighted by Gasteiger charge is -2.42. The summed E-state index contributed by atoms with van der Waals surface area (Å²) in [6, 6.07) is 4.98. The largest absolute Gasteiger partial charge is 0.490 e. The van der Waals surface area contributed by atoms with Gasteiger partial charge < -0.3 is 25.0 Å². The van der Waals surface area contributed by atoms with Gasteiger partial charge in [-0.15, -0.1) is 0 Å². The van der Waals surface area contributed by atoms with Gasteiger partial charge in [-0.05, 0) is 49.8 Å². The Hall–Kier alpha value is -2.61. The summed E-state index contributed by atoms with van der Waals surface area (Å²) in [7, 11) is 1.78. The van der Waals surface area contributed by atoms with E-state index in [1.54, 1.807) is 37.1 Å². The van der Waals surface area contributed by atoms with Crippen LogP contribution in [-0.4, -0.2) is 61.1 Å². The Bertz CT molecular complexity index is 854. The molecule has 1 saturated heterocycles. The average Bonchev–Trinajstić information content (AvgIpc) is 3.59. The molecule has 0 radical (unpaired) electrons. The quantitative estimate of drug-likeness (QED) is 0.724. The Morgan fingerprint density at radius 2 is 1.97 bits per heavy atom. The minimum atomic E-state index is -0.295. The van der Waals surface area contributed by atoms with Crippen LogP contribution in [0.15, 0.2) is 18.2 Å². The number of fused-ring (bicyclic) bond motifs is 2. The molecule has 0 unspecified atom stereocenters. The fraction of sp³-hybridized carbons (Fsp3) is 0.609. The second-order valence-electron chi connectivity index (χ2n) is 8.73. The second kappa shape index (κ2) is 9.26. The molecule has 168 valence electrons. The van der Waals surface area contributed by atoms with Gasteiger partial charge in [0.1, 0.15) is 18.5 Å². The van der Waals surface area contributed by atoms with E-state index in [0.717, 1.165) is 19.4 Å². The molecule has 1 aliphatic carbocycles. The van der Waals surface area contributed by atoms with E-state index in [-0.39, 0.29) is 36.0 Å². The molecule has 0 spiro atoms. The van der Waals surface area contributed by atoms with Gasteiger partial charge in [0.15, 0.2) is 0 Å². The van der Waals surface area contributed by atoms with Crippen LogP contribution in [0.2, 0.25) is 0 Å². The van der Waals surface area contributed by atoms with Crippen LogP contribution in [0.5, 0.6) is 5.75 Å². The van der Waals surface area contributed by atoms with Gasteiger partial charge in [-0.1, -0.05) is 6.92 Å². The van der Waals surface area contributed by atoms with Crippen LogP contribution in [0.3, 0.4) is 0 Å². The van der Waals surface area contributed by atoms with Gasteiger partial charge in [-0.2, -0.15) is 0 Å². The molecule has 3 amide bonds. The predicted molar refractivity (Wildman–Crippen MR) is 115 cm³/mol. The van der Waals surface area contributed by atoms with E-state index >= 15 is 0 Å². The molecule has 2 N–H and O–H groups in total. The van der Waals surface area contributed by atoms with Crippen molar-refractivity contribution in [3.05, 3.63) is 23.8 Å². The van der Waals surface area contributed by atoms with E-state index in [1.807, 2.05) is 0 Å². The zero-order chi connectivity index (χ0) is 22.0. The molecule has 0 aromatic heterocycles. The summed E-state index contributed by atoms with van der Waals surface area (Å²) in [4.78, 5) is 38.8. The third kappa shape index (κ3) is 5.18. The number of rotatable bonds is 6. The summed E-state index contributed by atoms with van der Waals surface area (Å²) >= 11 is 0. The topological polar surface area (TPSA) is 97.0 Å². The van der Waals surface area contributed by atoms with Crippen molar-refractivity contribution in [2.24, 2.45) is 5.92 Å². The smallest absolute Gasteiger partial charge is 0.257 e. The number of benzene rings is 1. The van der Waals surface area contributed by atoms with Crippen LogP contribution >= 0.6 is 0 Å². The molecule has 0 bridgehead atoms. The van der Waals surface area contributed by atoms with Gasteiger partial charge in [0.05, 0.1) is 24.1 Å². The standard InChI is InChI=1S/C23H31N3O5/c1-3-21(27)25-15-6-9-19-17(10-15)23(29)26(2)18-8-7-16(31-20(18)13-30-19)11-22(28)24-12-14-4-5-14/h6,9-10,14,16,18,20H,3-5,7-8,11-13H2,1-2H3,(H,24,28)(H,25,27)/t16-,18+,20+/m0/s1. The van der Waals surface area contributed by atoms with Crippen LogP contribution in [0, 0.1) is 5.92 Å². The Morgan fingerprint density at radius 1 is 1.16 bits per heavy atom. The molecule has 31 heavy (non-hydrogen) atoms. The van der Waals surface area contributed by atoms with Crippen molar-refractivity contribution in [2.45, 2.75) is 63.7 Å². The van der Waals surface area contributed by atoms with Crippen molar-refractivity contribution in [2.75, 3.05) is 25.5 Å². The highest BCUT2D eigenvalue weighted by Gasteiger charge is 2.39. The van der Waals surface area contributed by atoms with Gasteiger partial charge in [0.2, 0.25) is 11.8 Å². The van der Waals surface area contributed by atoms with Crippen LogP contribution < -0.4 is 15.4 Å². The third-order valence-corrected chi connectivity index (χ3v) is 6.31. The van der Waals surface area contributed by atoms with Gasteiger partial charge in [0.25, 0.3) is 5.91 Å². The maximum absolute atomic E-state index is 13.2. The maximum Gasteiger partial charge on any atom is 0.257 e. The Morgan fingerprint density at radius 3 is 2.71 bits per heavy atom.